The van der Waals surface area contributed by atoms with E-state index in [1.807, 2.05) is 42.5 Å². The first-order valence-corrected chi connectivity index (χ1v) is 10.7. The van der Waals surface area contributed by atoms with Crippen molar-refractivity contribution in [2.75, 3.05) is 0 Å². The lowest BCUT2D eigenvalue weighted by Gasteiger charge is -2.19. The molecule has 7 aromatic carbocycles. The zero-order valence-electron chi connectivity index (χ0n) is 30.7. The molecule has 0 heteroatoms. The number of benzene rings is 7. The molecule has 0 heterocycles. The van der Waals surface area contributed by atoms with Crippen LogP contribution in [0.2, 0.25) is 0 Å². The Labute approximate surface area is 217 Å². The predicted octanol–water partition coefficient (Wildman–Crippen LogP) is 9.63. The normalized spacial score (nSPS) is 16.9. The molecule has 0 saturated heterocycles. The molecule has 0 aliphatic carbocycles. The molecule has 0 amide bonds. The second kappa shape index (κ2) is 7.57. The minimum absolute atomic E-state index is 0.101. The van der Waals surface area contributed by atoms with Crippen LogP contribution in [0.4, 0.5) is 0 Å². The van der Waals surface area contributed by atoms with Crippen LogP contribution in [0.15, 0.2) is 133 Å². The van der Waals surface area contributed by atoms with Gasteiger partial charge in [-0.05, 0) is 65.3 Å². The van der Waals surface area contributed by atoms with Crippen molar-refractivity contribution in [1.29, 1.82) is 0 Å². The van der Waals surface area contributed by atoms with E-state index in [2.05, 4.69) is 0 Å². The monoisotopic (exact) mass is 443 g/mol. The SMILES string of the molecule is [2H]c1c([2H])c([2H])c(-c2c3c([2H])c([2H])c([2H])c([2H])c3c(-c3cccc4ccc5ccccc5c34)c3c([2H])c([2H])c([2H])c([2H])c23)c([2H])c1[2H]. The third-order valence-corrected chi connectivity index (χ3v) is 6.16. The van der Waals surface area contributed by atoms with Gasteiger partial charge in [0, 0.05) is 0 Å². The first kappa shape index (κ1) is 10.2. The maximum atomic E-state index is 9.19. The van der Waals surface area contributed by atoms with Gasteiger partial charge in [-0.3, -0.25) is 0 Å². The minimum atomic E-state index is -0.700. The van der Waals surface area contributed by atoms with Crippen molar-refractivity contribution < 1.29 is 17.8 Å². The molecule has 0 radical (unpaired) electrons. The van der Waals surface area contributed by atoms with Gasteiger partial charge in [0.1, 0.15) is 0 Å². The Balaban J connectivity index is 1.92. The molecule has 0 spiro atoms. The number of fused-ring (bicyclic) bond motifs is 5. The molecule has 7 rings (SSSR count). The van der Waals surface area contributed by atoms with Crippen LogP contribution in [0, 0.1) is 0 Å². The second-order valence-electron chi connectivity index (χ2n) is 7.94. The lowest BCUT2D eigenvalue weighted by molar-refractivity contribution is 1.66. The smallest absolute Gasteiger partial charge is 0.0622 e. The van der Waals surface area contributed by atoms with Gasteiger partial charge in [-0.2, -0.15) is 0 Å². The maximum Gasteiger partial charge on any atom is 0.0629 e. The second-order valence-corrected chi connectivity index (χ2v) is 7.94. The zero-order chi connectivity index (χ0) is 33.8. The topological polar surface area (TPSA) is 0 Å². The Morgan fingerprint density at radius 1 is 0.412 bits per heavy atom. The van der Waals surface area contributed by atoms with Crippen LogP contribution in [0.1, 0.15) is 17.8 Å². The van der Waals surface area contributed by atoms with Crippen LogP contribution in [0.3, 0.4) is 0 Å². The summed E-state index contributed by atoms with van der Waals surface area (Å²) in [5.74, 6) is 0. The third-order valence-electron chi connectivity index (χ3n) is 6.16. The number of hydrogen-bond acceptors (Lipinski definition) is 0. The Bertz CT molecular complexity index is 2450. The number of hydrogen-bond donors (Lipinski definition) is 0. The van der Waals surface area contributed by atoms with Gasteiger partial charge in [0.05, 0.1) is 17.8 Å². The van der Waals surface area contributed by atoms with E-state index in [0.717, 1.165) is 16.2 Å². The summed E-state index contributed by atoms with van der Waals surface area (Å²) in [4.78, 5) is 0. The van der Waals surface area contributed by atoms with Crippen molar-refractivity contribution in [1.82, 2.24) is 0 Å². The summed E-state index contributed by atoms with van der Waals surface area (Å²) in [5, 5.41) is 2.49. The summed E-state index contributed by atoms with van der Waals surface area (Å²) in [5.41, 5.74) is -0.167. The Hall–Kier alpha value is -4.42. The molecule has 0 atom stereocenters. The van der Waals surface area contributed by atoms with Gasteiger partial charge in [0.25, 0.3) is 0 Å². The van der Waals surface area contributed by atoms with E-state index < -0.39 is 84.1 Å². The summed E-state index contributed by atoms with van der Waals surface area (Å²) in [7, 11) is 0. The molecule has 0 aromatic heterocycles. The molecule has 7 aromatic rings. The van der Waals surface area contributed by atoms with E-state index in [9.17, 15) is 2.74 Å². The molecule has 0 aliphatic rings. The molecule has 0 bridgehead atoms. The number of rotatable bonds is 2. The molecule has 34 heavy (non-hydrogen) atoms. The van der Waals surface area contributed by atoms with E-state index in [0.29, 0.717) is 10.9 Å². The van der Waals surface area contributed by atoms with Gasteiger partial charge in [0.2, 0.25) is 0 Å². The van der Waals surface area contributed by atoms with E-state index in [-0.39, 0.29) is 32.7 Å². The van der Waals surface area contributed by atoms with Crippen molar-refractivity contribution >= 4 is 43.1 Å². The van der Waals surface area contributed by atoms with Gasteiger partial charge in [-0.15, -0.1) is 0 Å². The van der Waals surface area contributed by atoms with Crippen LogP contribution < -0.4 is 0 Å². The van der Waals surface area contributed by atoms with Gasteiger partial charge in [-0.25, -0.2) is 0 Å². The maximum absolute atomic E-state index is 9.19. The van der Waals surface area contributed by atoms with Crippen molar-refractivity contribution in [3.63, 3.8) is 0 Å². The molecule has 0 N–H and O–H groups in total. The highest BCUT2D eigenvalue weighted by Gasteiger charge is 2.18. The molecular formula is C34H22. The average molecular weight is 444 g/mol. The van der Waals surface area contributed by atoms with Crippen LogP contribution in [-0.2, 0) is 0 Å². The Kier molecular flexibility index (Phi) is 2.28. The fraction of sp³-hybridized carbons (Fsp3) is 0. The van der Waals surface area contributed by atoms with Crippen LogP contribution in [-0.4, -0.2) is 0 Å². The first-order valence-electron chi connectivity index (χ1n) is 17.2. The van der Waals surface area contributed by atoms with Crippen LogP contribution in [0.25, 0.3) is 65.3 Å². The summed E-state index contributed by atoms with van der Waals surface area (Å²) >= 11 is 0. The van der Waals surface area contributed by atoms with Gasteiger partial charge in [-0.1, -0.05) is 133 Å². The van der Waals surface area contributed by atoms with Crippen LogP contribution >= 0.6 is 0 Å². The standard InChI is InChI=1S/C34H22/c1-2-12-24(13-3-1)33-27-16-6-8-18-29(27)34(30-19-9-7-17-28(30)33)31-20-10-14-25-22-21-23-11-4-5-15-26(23)32(25)31/h1-22H/i1D,2D,3D,6D,7D,8D,9D,12D,13D,16D,17D,18D,19D. The fourth-order valence-corrected chi connectivity index (χ4v) is 4.79. The predicted molar refractivity (Wildman–Crippen MR) is 147 cm³/mol. The minimum Gasteiger partial charge on any atom is -0.0622 e. The van der Waals surface area contributed by atoms with Gasteiger partial charge >= 0.3 is 0 Å². The first-order chi connectivity index (χ1) is 22.3. The highest BCUT2D eigenvalue weighted by Crippen LogP contribution is 2.46. The van der Waals surface area contributed by atoms with Crippen molar-refractivity contribution in [3.05, 3.63) is 133 Å². The summed E-state index contributed by atoms with van der Waals surface area (Å²) in [6.07, 6.45) is 0. The lowest BCUT2D eigenvalue weighted by atomic mass is 9.84. The fourth-order valence-electron chi connectivity index (χ4n) is 4.79. The summed E-state index contributed by atoms with van der Waals surface area (Å²) in [6, 6.07) is 8.66. The lowest BCUT2D eigenvalue weighted by Crippen LogP contribution is -1.92. The zero-order valence-corrected chi connectivity index (χ0v) is 17.7. The van der Waals surface area contributed by atoms with Crippen LogP contribution in [0.5, 0.6) is 0 Å². The highest BCUT2D eigenvalue weighted by molar-refractivity contribution is 6.25. The largest absolute Gasteiger partial charge is 0.0629 e. The average Bonchev–Trinajstić information content (AvgIpc) is 3.08. The molecular weight excluding hydrogens is 408 g/mol. The highest BCUT2D eigenvalue weighted by atomic mass is 14.2. The molecule has 0 aliphatic heterocycles. The quantitative estimate of drug-likeness (QED) is 0.184. The van der Waals surface area contributed by atoms with E-state index >= 15 is 0 Å². The Morgan fingerprint density at radius 2 is 0.971 bits per heavy atom. The van der Waals surface area contributed by atoms with Gasteiger partial charge in [0.15, 0.2) is 0 Å². The molecule has 158 valence electrons. The van der Waals surface area contributed by atoms with Crippen molar-refractivity contribution in [2.24, 2.45) is 0 Å². The third kappa shape index (κ3) is 2.79. The molecule has 0 unspecified atom stereocenters. The van der Waals surface area contributed by atoms with Crippen molar-refractivity contribution in [2.45, 2.75) is 0 Å². The van der Waals surface area contributed by atoms with E-state index in [1.54, 1.807) is 12.1 Å². The molecule has 0 nitrogen and oxygen atoms in total. The van der Waals surface area contributed by atoms with E-state index in [4.69, 9.17) is 15.1 Å². The summed E-state index contributed by atoms with van der Waals surface area (Å²) < 4.78 is 114. The van der Waals surface area contributed by atoms with E-state index in [1.165, 1.54) is 0 Å². The Morgan fingerprint density at radius 3 is 1.68 bits per heavy atom. The van der Waals surface area contributed by atoms with Crippen molar-refractivity contribution in [3.8, 4) is 22.3 Å². The molecule has 0 fully saturated rings. The summed E-state index contributed by atoms with van der Waals surface area (Å²) in [6.45, 7) is 0. The van der Waals surface area contributed by atoms with Gasteiger partial charge < -0.3 is 0 Å². The molecule has 0 saturated carbocycles.